The molecule has 1 aromatic carbocycles. The summed E-state index contributed by atoms with van der Waals surface area (Å²) in [7, 11) is 1.52. The first-order valence-electron chi connectivity index (χ1n) is 7.13. The van der Waals surface area contributed by atoms with E-state index in [-0.39, 0.29) is 29.7 Å². The van der Waals surface area contributed by atoms with Crippen molar-refractivity contribution in [2.75, 3.05) is 13.7 Å². The van der Waals surface area contributed by atoms with Gasteiger partial charge in [0.05, 0.1) is 26.5 Å². The lowest BCUT2D eigenvalue weighted by Crippen LogP contribution is -2.36. The Labute approximate surface area is 153 Å². The summed E-state index contributed by atoms with van der Waals surface area (Å²) in [5.41, 5.74) is 0.897. The zero-order valence-corrected chi connectivity index (χ0v) is 15.5. The van der Waals surface area contributed by atoms with E-state index in [0.717, 1.165) is 17.9 Å². The number of phenols is 1. The van der Waals surface area contributed by atoms with E-state index in [4.69, 9.17) is 9.15 Å². The van der Waals surface area contributed by atoms with E-state index in [0.29, 0.717) is 24.8 Å². The Hall–Kier alpha value is -1.90. The van der Waals surface area contributed by atoms with Crippen LogP contribution < -0.4 is 15.4 Å². The first kappa shape index (κ1) is 19.1. The minimum Gasteiger partial charge on any atom is -0.504 e. The molecule has 0 aliphatic heterocycles. The number of halogens is 1. The number of rotatable bonds is 6. The first-order valence-corrected chi connectivity index (χ1v) is 7.13. The number of methoxy groups -OCH3 is 1. The van der Waals surface area contributed by atoms with Crippen LogP contribution in [0.4, 0.5) is 0 Å². The number of benzene rings is 1. The molecule has 0 saturated heterocycles. The predicted octanol–water partition coefficient (Wildman–Crippen LogP) is 2.87. The minimum absolute atomic E-state index is 0. The number of nitrogens with one attached hydrogen (secondary N) is 2. The molecular weight excluding hydrogens is 409 g/mol. The SMILES string of the molecule is CCNC(=NCc1ccc(OC)c(O)c1)NCc1ccco1.I. The first-order chi connectivity index (χ1) is 10.7. The van der Waals surface area contributed by atoms with Gasteiger partial charge in [0.1, 0.15) is 5.76 Å². The van der Waals surface area contributed by atoms with E-state index < -0.39 is 0 Å². The number of phenolic OH excluding ortho intramolecular Hbond substituents is 1. The van der Waals surface area contributed by atoms with Crippen molar-refractivity contribution in [1.82, 2.24) is 10.6 Å². The predicted molar refractivity (Wildman–Crippen MR) is 100 cm³/mol. The van der Waals surface area contributed by atoms with Gasteiger partial charge in [-0.2, -0.15) is 0 Å². The highest BCUT2D eigenvalue weighted by molar-refractivity contribution is 14.0. The summed E-state index contributed by atoms with van der Waals surface area (Å²) in [5.74, 6) is 2.10. The van der Waals surface area contributed by atoms with Crippen LogP contribution in [0, 0.1) is 0 Å². The van der Waals surface area contributed by atoms with Crippen molar-refractivity contribution in [2.24, 2.45) is 4.99 Å². The number of ether oxygens (including phenoxy) is 1. The van der Waals surface area contributed by atoms with E-state index in [1.54, 1.807) is 18.4 Å². The average Bonchev–Trinajstić information content (AvgIpc) is 3.03. The van der Waals surface area contributed by atoms with Gasteiger partial charge in [-0.1, -0.05) is 6.07 Å². The number of aliphatic imine (C=N–C) groups is 1. The second kappa shape index (κ2) is 9.98. The van der Waals surface area contributed by atoms with E-state index in [1.165, 1.54) is 7.11 Å². The summed E-state index contributed by atoms with van der Waals surface area (Å²) in [6, 6.07) is 9.00. The molecule has 1 heterocycles. The second-order valence-corrected chi connectivity index (χ2v) is 4.63. The molecule has 2 aromatic rings. The zero-order valence-electron chi connectivity index (χ0n) is 13.2. The molecule has 0 spiro atoms. The molecular formula is C16H22IN3O3. The average molecular weight is 431 g/mol. The quantitative estimate of drug-likeness (QED) is 0.373. The molecule has 0 fully saturated rings. The molecule has 3 N–H and O–H groups in total. The van der Waals surface area contributed by atoms with Crippen LogP contribution in [0.25, 0.3) is 0 Å². The molecule has 6 nitrogen and oxygen atoms in total. The van der Waals surface area contributed by atoms with E-state index in [2.05, 4.69) is 15.6 Å². The lowest BCUT2D eigenvalue weighted by atomic mass is 10.2. The summed E-state index contributed by atoms with van der Waals surface area (Å²) in [4.78, 5) is 4.48. The maximum atomic E-state index is 9.77. The van der Waals surface area contributed by atoms with Crippen molar-refractivity contribution in [3.8, 4) is 11.5 Å². The van der Waals surface area contributed by atoms with Crippen LogP contribution in [0.5, 0.6) is 11.5 Å². The highest BCUT2D eigenvalue weighted by Crippen LogP contribution is 2.26. The molecule has 7 heteroatoms. The number of aromatic hydroxyl groups is 1. The third-order valence-corrected chi connectivity index (χ3v) is 3.02. The van der Waals surface area contributed by atoms with Gasteiger partial charge >= 0.3 is 0 Å². The molecule has 0 amide bonds. The monoisotopic (exact) mass is 431 g/mol. The summed E-state index contributed by atoms with van der Waals surface area (Å²) >= 11 is 0. The molecule has 2 rings (SSSR count). The molecule has 23 heavy (non-hydrogen) atoms. The molecule has 0 aliphatic carbocycles. The molecule has 0 atom stereocenters. The van der Waals surface area contributed by atoms with Crippen molar-refractivity contribution in [3.63, 3.8) is 0 Å². The van der Waals surface area contributed by atoms with Gasteiger partial charge in [0.25, 0.3) is 0 Å². The molecule has 126 valence electrons. The lowest BCUT2D eigenvalue weighted by molar-refractivity contribution is 0.373. The molecule has 0 bridgehead atoms. The van der Waals surface area contributed by atoms with Crippen LogP contribution in [-0.2, 0) is 13.1 Å². The van der Waals surface area contributed by atoms with Gasteiger partial charge in [-0.3, -0.25) is 0 Å². The van der Waals surface area contributed by atoms with Gasteiger partial charge in [-0.15, -0.1) is 24.0 Å². The maximum absolute atomic E-state index is 9.77. The summed E-state index contributed by atoms with van der Waals surface area (Å²) in [6.07, 6.45) is 1.64. The second-order valence-electron chi connectivity index (χ2n) is 4.63. The lowest BCUT2D eigenvalue weighted by Gasteiger charge is -2.10. The Kier molecular flexibility index (Phi) is 8.31. The Balaban J connectivity index is 0.00000264. The molecule has 0 radical (unpaired) electrons. The summed E-state index contributed by atoms with van der Waals surface area (Å²) in [6.45, 7) is 3.78. The number of nitrogens with zero attached hydrogens (tertiary/aromatic N) is 1. The third-order valence-electron chi connectivity index (χ3n) is 3.02. The topological polar surface area (TPSA) is 79.0 Å². The van der Waals surface area contributed by atoms with Crippen LogP contribution >= 0.6 is 24.0 Å². The van der Waals surface area contributed by atoms with E-state index >= 15 is 0 Å². The zero-order chi connectivity index (χ0) is 15.8. The van der Waals surface area contributed by atoms with Crippen LogP contribution in [0.15, 0.2) is 46.0 Å². The van der Waals surface area contributed by atoms with Gasteiger partial charge in [0.15, 0.2) is 17.5 Å². The van der Waals surface area contributed by atoms with Crippen molar-refractivity contribution in [3.05, 3.63) is 47.9 Å². The van der Waals surface area contributed by atoms with Crippen LogP contribution in [0.1, 0.15) is 18.2 Å². The molecule has 0 aliphatic rings. The van der Waals surface area contributed by atoms with Crippen molar-refractivity contribution >= 4 is 29.9 Å². The molecule has 0 unspecified atom stereocenters. The standard InChI is InChI=1S/C16H21N3O3.HI/c1-3-17-16(19-11-13-5-4-8-22-13)18-10-12-6-7-15(21-2)14(20)9-12;/h4-9,20H,3,10-11H2,1-2H3,(H2,17,18,19);1H. The molecule has 1 aromatic heterocycles. The Morgan fingerprint density at radius 2 is 2.13 bits per heavy atom. The summed E-state index contributed by atoms with van der Waals surface area (Å²) in [5, 5.41) is 16.1. The maximum Gasteiger partial charge on any atom is 0.191 e. The number of hydrogen-bond donors (Lipinski definition) is 3. The van der Waals surface area contributed by atoms with Gasteiger partial charge in [-0.25, -0.2) is 4.99 Å². The highest BCUT2D eigenvalue weighted by atomic mass is 127. The van der Waals surface area contributed by atoms with Crippen LogP contribution in [-0.4, -0.2) is 24.7 Å². The van der Waals surface area contributed by atoms with Crippen LogP contribution in [0.2, 0.25) is 0 Å². The fourth-order valence-electron chi connectivity index (χ4n) is 1.93. The Morgan fingerprint density at radius 3 is 2.74 bits per heavy atom. The van der Waals surface area contributed by atoms with E-state index in [9.17, 15) is 5.11 Å². The largest absolute Gasteiger partial charge is 0.504 e. The minimum atomic E-state index is 0. The van der Waals surface area contributed by atoms with Gasteiger partial charge in [0.2, 0.25) is 0 Å². The fraction of sp³-hybridized carbons (Fsp3) is 0.312. The normalized spacial score (nSPS) is 10.8. The smallest absolute Gasteiger partial charge is 0.191 e. The van der Waals surface area contributed by atoms with E-state index in [1.807, 2.05) is 25.1 Å². The highest BCUT2D eigenvalue weighted by Gasteiger charge is 2.03. The summed E-state index contributed by atoms with van der Waals surface area (Å²) < 4.78 is 10.3. The third kappa shape index (κ3) is 6.01. The van der Waals surface area contributed by atoms with Crippen LogP contribution in [0.3, 0.4) is 0 Å². The van der Waals surface area contributed by atoms with Crippen molar-refractivity contribution in [1.29, 1.82) is 0 Å². The number of hydrogen-bond acceptors (Lipinski definition) is 4. The Bertz CT molecular complexity index is 615. The number of furan rings is 1. The van der Waals surface area contributed by atoms with Gasteiger partial charge < -0.3 is 24.9 Å². The van der Waals surface area contributed by atoms with Gasteiger partial charge in [0, 0.05) is 6.54 Å². The van der Waals surface area contributed by atoms with Crippen molar-refractivity contribution in [2.45, 2.75) is 20.0 Å². The number of guanidine groups is 1. The van der Waals surface area contributed by atoms with Gasteiger partial charge in [-0.05, 0) is 36.8 Å². The Morgan fingerprint density at radius 1 is 1.30 bits per heavy atom. The van der Waals surface area contributed by atoms with Crippen molar-refractivity contribution < 1.29 is 14.3 Å². The molecule has 0 saturated carbocycles. The fourth-order valence-corrected chi connectivity index (χ4v) is 1.93.